The minimum atomic E-state index is 0.130. The summed E-state index contributed by atoms with van der Waals surface area (Å²) in [6.45, 7) is 12.2. The topological polar surface area (TPSA) is 78.3 Å². The lowest BCUT2D eigenvalue weighted by Gasteiger charge is -2.35. The van der Waals surface area contributed by atoms with Gasteiger partial charge in [0.15, 0.2) is 5.65 Å². The first-order chi connectivity index (χ1) is 14.8. The molecule has 1 aliphatic heterocycles. The van der Waals surface area contributed by atoms with Crippen molar-refractivity contribution in [2.75, 3.05) is 13.1 Å². The van der Waals surface area contributed by atoms with Crippen LogP contribution in [0.4, 0.5) is 0 Å². The molecule has 2 N–H and O–H groups in total. The molecule has 5 heterocycles. The molecule has 0 aromatic carbocycles. The second kappa shape index (κ2) is 7.46. The highest BCUT2D eigenvalue weighted by atomic mass is 32.1. The van der Waals surface area contributed by atoms with Crippen molar-refractivity contribution in [1.29, 1.82) is 0 Å². The fourth-order valence-electron chi connectivity index (χ4n) is 4.76. The number of carbonyl (C=O) groups is 1. The van der Waals surface area contributed by atoms with E-state index >= 15 is 0 Å². The van der Waals surface area contributed by atoms with Crippen LogP contribution in [0.2, 0.25) is 0 Å². The van der Waals surface area contributed by atoms with E-state index in [1.165, 1.54) is 10.3 Å². The van der Waals surface area contributed by atoms with Crippen molar-refractivity contribution in [2.45, 2.75) is 52.6 Å². The predicted molar refractivity (Wildman–Crippen MR) is 125 cm³/mol. The number of fused-ring (bicyclic) bond motifs is 2. The van der Waals surface area contributed by atoms with Gasteiger partial charge in [-0.3, -0.25) is 4.79 Å². The number of hydrogen-bond acceptors (Lipinski definition) is 5. The molecule has 1 fully saturated rings. The zero-order chi connectivity index (χ0) is 21.9. The molecule has 4 aromatic rings. The average Bonchev–Trinajstić information content (AvgIpc) is 3.40. The van der Waals surface area contributed by atoms with Gasteiger partial charge in [-0.15, -0.1) is 11.3 Å². The third kappa shape index (κ3) is 3.43. The number of aromatic amines is 1. The maximum Gasteiger partial charge on any atom is 0.264 e. The van der Waals surface area contributed by atoms with Crippen LogP contribution in [-0.4, -0.2) is 55.6 Å². The lowest BCUT2D eigenvalue weighted by atomic mass is 9.99. The summed E-state index contributed by atoms with van der Waals surface area (Å²) in [7, 11) is 0. The molecule has 0 radical (unpaired) electrons. The summed E-state index contributed by atoms with van der Waals surface area (Å²) in [5.41, 5.74) is 6.41. The molecule has 4 aromatic heterocycles. The highest BCUT2D eigenvalue weighted by molar-refractivity contribution is 7.21. The second-order valence-corrected chi connectivity index (χ2v) is 10.1. The Balaban J connectivity index is 1.57. The number of hydrogen-bond donors (Lipinski definition) is 2. The number of nitrogens with zero attached hydrogens (tertiary/aromatic N) is 4. The standard InChI is InChI=1S/C23H28N6OS/c1-12(2)19-20(16-6-13(3)22-24-11-25-29(22)10-16)27-17-7-18(31-21(17)19)23(30)28-8-14(4)26-15(5)9-28/h6-7,10-12,14-15,26-27H,8-9H2,1-5H3/t14-,15-/m1/s1. The lowest BCUT2D eigenvalue weighted by Crippen LogP contribution is -2.55. The molecule has 1 amide bonds. The van der Waals surface area contributed by atoms with Crippen LogP contribution in [0.3, 0.4) is 0 Å². The van der Waals surface area contributed by atoms with Crippen LogP contribution >= 0.6 is 11.3 Å². The fourth-order valence-corrected chi connectivity index (χ4v) is 6.04. The molecule has 0 aliphatic carbocycles. The van der Waals surface area contributed by atoms with E-state index in [1.807, 2.05) is 21.7 Å². The Morgan fingerprint density at radius 1 is 1.23 bits per heavy atom. The van der Waals surface area contributed by atoms with Crippen LogP contribution in [0, 0.1) is 6.92 Å². The average molecular weight is 437 g/mol. The van der Waals surface area contributed by atoms with Gasteiger partial charge >= 0.3 is 0 Å². The number of H-pyrrole nitrogens is 1. The van der Waals surface area contributed by atoms with Crippen LogP contribution in [0.5, 0.6) is 0 Å². The highest BCUT2D eigenvalue weighted by Crippen LogP contribution is 2.40. The van der Waals surface area contributed by atoms with Crippen molar-refractivity contribution in [3.8, 4) is 11.3 Å². The first-order valence-electron chi connectivity index (χ1n) is 10.8. The third-order valence-corrected chi connectivity index (χ3v) is 7.14. The summed E-state index contributed by atoms with van der Waals surface area (Å²) in [5, 5.41) is 7.82. The Morgan fingerprint density at radius 2 is 1.97 bits per heavy atom. The van der Waals surface area contributed by atoms with Gasteiger partial charge in [-0.25, -0.2) is 9.50 Å². The van der Waals surface area contributed by atoms with Gasteiger partial charge in [0.05, 0.1) is 20.8 Å². The van der Waals surface area contributed by atoms with E-state index in [4.69, 9.17) is 0 Å². The summed E-state index contributed by atoms with van der Waals surface area (Å²) in [4.78, 5) is 24.0. The summed E-state index contributed by atoms with van der Waals surface area (Å²) in [6.07, 6.45) is 3.60. The van der Waals surface area contributed by atoms with Crippen molar-refractivity contribution in [1.82, 2.24) is 29.8 Å². The van der Waals surface area contributed by atoms with E-state index in [1.54, 1.807) is 17.7 Å². The Hall–Kier alpha value is -2.71. The molecule has 162 valence electrons. The zero-order valence-electron chi connectivity index (χ0n) is 18.6. The molecule has 1 saturated heterocycles. The molecule has 2 atom stereocenters. The molecule has 0 unspecified atom stereocenters. The molecule has 8 heteroatoms. The Kier molecular flexibility index (Phi) is 4.86. The van der Waals surface area contributed by atoms with Crippen molar-refractivity contribution in [3.63, 3.8) is 0 Å². The summed E-state index contributed by atoms with van der Waals surface area (Å²) >= 11 is 1.60. The van der Waals surface area contributed by atoms with Crippen molar-refractivity contribution in [3.05, 3.63) is 40.7 Å². The minimum absolute atomic E-state index is 0.130. The first-order valence-corrected chi connectivity index (χ1v) is 11.6. The molecule has 31 heavy (non-hydrogen) atoms. The van der Waals surface area contributed by atoms with Gasteiger partial charge in [-0.2, -0.15) is 5.10 Å². The van der Waals surface area contributed by atoms with Crippen LogP contribution < -0.4 is 5.32 Å². The predicted octanol–water partition coefficient (Wildman–Crippen LogP) is 4.19. The summed E-state index contributed by atoms with van der Waals surface area (Å²) < 4.78 is 2.99. The third-order valence-electron chi connectivity index (χ3n) is 5.99. The minimum Gasteiger partial charge on any atom is -0.354 e. The smallest absolute Gasteiger partial charge is 0.264 e. The number of aromatic nitrogens is 4. The van der Waals surface area contributed by atoms with E-state index in [-0.39, 0.29) is 5.91 Å². The number of thiophene rings is 1. The van der Waals surface area contributed by atoms with Crippen LogP contribution in [-0.2, 0) is 0 Å². The summed E-state index contributed by atoms with van der Waals surface area (Å²) in [5.74, 6) is 0.447. The van der Waals surface area contributed by atoms with E-state index < -0.39 is 0 Å². The number of amides is 1. The van der Waals surface area contributed by atoms with Gasteiger partial charge in [0.1, 0.15) is 6.33 Å². The first kappa shape index (κ1) is 20.2. The van der Waals surface area contributed by atoms with Crippen molar-refractivity contribution < 1.29 is 4.79 Å². The van der Waals surface area contributed by atoms with Crippen LogP contribution in [0.25, 0.3) is 27.1 Å². The van der Waals surface area contributed by atoms with E-state index in [0.717, 1.165) is 46.0 Å². The maximum absolute atomic E-state index is 13.2. The van der Waals surface area contributed by atoms with Crippen molar-refractivity contribution in [2.24, 2.45) is 0 Å². The lowest BCUT2D eigenvalue weighted by molar-refractivity contribution is 0.0679. The molecule has 7 nitrogen and oxygen atoms in total. The molecule has 0 spiro atoms. The summed E-state index contributed by atoms with van der Waals surface area (Å²) in [6, 6.07) is 4.80. The molecule has 0 bridgehead atoms. The molecule has 5 rings (SSSR count). The highest BCUT2D eigenvalue weighted by Gasteiger charge is 2.28. The zero-order valence-corrected chi connectivity index (χ0v) is 19.4. The van der Waals surface area contributed by atoms with E-state index in [0.29, 0.717) is 18.0 Å². The molecule has 0 saturated carbocycles. The number of rotatable bonds is 3. The van der Waals surface area contributed by atoms with E-state index in [9.17, 15) is 4.79 Å². The van der Waals surface area contributed by atoms with Gasteiger partial charge in [0.25, 0.3) is 5.91 Å². The second-order valence-electron chi connectivity index (χ2n) is 9.04. The Morgan fingerprint density at radius 3 is 2.68 bits per heavy atom. The number of aryl methyl sites for hydroxylation is 1. The van der Waals surface area contributed by atoms with Gasteiger partial charge in [0, 0.05) is 36.9 Å². The molecular formula is C23H28N6OS. The van der Waals surface area contributed by atoms with Crippen molar-refractivity contribution >= 4 is 33.1 Å². The number of nitrogens with one attached hydrogen (secondary N) is 2. The SMILES string of the molecule is Cc1cc(-c2[nH]c3cc(C(=O)N4C[C@@H](C)N[C@H](C)C4)sc3c2C(C)C)cn2ncnc12. The maximum atomic E-state index is 13.2. The van der Waals surface area contributed by atoms with Gasteiger partial charge in [-0.05, 0) is 49.9 Å². The fraction of sp³-hybridized carbons (Fsp3) is 0.435. The Bertz CT molecular complexity index is 1270. The monoisotopic (exact) mass is 436 g/mol. The molecule has 1 aliphatic rings. The molecular weight excluding hydrogens is 408 g/mol. The van der Waals surface area contributed by atoms with Gasteiger partial charge in [0.2, 0.25) is 0 Å². The number of carbonyl (C=O) groups excluding carboxylic acids is 1. The van der Waals surface area contributed by atoms with Gasteiger partial charge < -0.3 is 15.2 Å². The number of piperazine rings is 1. The number of pyridine rings is 1. The quantitative estimate of drug-likeness (QED) is 0.505. The van der Waals surface area contributed by atoms with E-state index in [2.05, 4.69) is 61.1 Å². The Labute approximate surface area is 185 Å². The van der Waals surface area contributed by atoms with Gasteiger partial charge in [-0.1, -0.05) is 13.8 Å². The largest absolute Gasteiger partial charge is 0.354 e. The van der Waals surface area contributed by atoms with Crippen LogP contribution in [0.15, 0.2) is 24.7 Å². The van der Waals surface area contributed by atoms with Crippen LogP contribution in [0.1, 0.15) is 54.4 Å². The normalized spacial score (nSPS) is 19.7.